The first-order valence-corrected chi connectivity index (χ1v) is 6.25. The van der Waals surface area contributed by atoms with Crippen molar-refractivity contribution in [2.75, 3.05) is 13.6 Å². The summed E-state index contributed by atoms with van der Waals surface area (Å²) in [5.74, 6) is 0. The van der Waals surface area contributed by atoms with E-state index in [-0.39, 0.29) is 6.04 Å². The van der Waals surface area contributed by atoms with Gasteiger partial charge in [0.25, 0.3) is 0 Å². The number of aromatic nitrogens is 2. The minimum atomic E-state index is 0.257. The minimum Gasteiger partial charge on any atom is -0.330 e. The molecule has 1 aromatic heterocycles. The molecule has 1 saturated heterocycles. The third-order valence-corrected chi connectivity index (χ3v) is 3.87. The third-order valence-electron chi connectivity index (χ3n) is 3.87. The van der Waals surface area contributed by atoms with Gasteiger partial charge >= 0.3 is 0 Å². The van der Waals surface area contributed by atoms with Crippen LogP contribution in [0.2, 0.25) is 0 Å². The molecule has 2 fully saturated rings. The van der Waals surface area contributed by atoms with E-state index in [1.807, 2.05) is 12.5 Å². The minimum absolute atomic E-state index is 0.257. The van der Waals surface area contributed by atoms with E-state index in [1.54, 1.807) is 0 Å². The monoisotopic (exact) mass is 220 g/mol. The van der Waals surface area contributed by atoms with Gasteiger partial charge in [-0.1, -0.05) is 0 Å². The number of rotatable bonds is 2. The molecule has 3 rings (SSSR count). The van der Waals surface area contributed by atoms with Crippen LogP contribution in [0.5, 0.6) is 0 Å². The summed E-state index contributed by atoms with van der Waals surface area (Å²) < 4.78 is 2.34. The molecule has 1 aromatic rings. The molecule has 16 heavy (non-hydrogen) atoms. The molecule has 88 valence electrons. The molecule has 0 bridgehead atoms. The molecule has 2 heterocycles. The van der Waals surface area contributed by atoms with Crippen LogP contribution in [0.15, 0.2) is 12.5 Å². The molecule has 2 unspecified atom stereocenters. The van der Waals surface area contributed by atoms with Crippen molar-refractivity contribution in [1.82, 2.24) is 14.5 Å². The maximum absolute atomic E-state index is 6.27. The Morgan fingerprint density at radius 2 is 2.19 bits per heavy atom. The highest BCUT2D eigenvalue weighted by atomic mass is 15.2. The van der Waals surface area contributed by atoms with Crippen molar-refractivity contribution in [2.45, 2.75) is 43.8 Å². The van der Waals surface area contributed by atoms with Gasteiger partial charge in [-0.05, 0) is 39.3 Å². The summed E-state index contributed by atoms with van der Waals surface area (Å²) in [5.41, 5.74) is 7.58. The van der Waals surface area contributed by atoms with Gasteiger partial charge in [-0.25, -0.2) is 4.98 Å². The van der Waals surface area contributed by atoms with E-state index in [0.717, 1.165) is 13.0 Å². The second kappa shape index (κ2) is 3.86. The topological polar surface area (TPSA) is 47.1 Å². The van der Waals surface area contributed by atoms with E-state index in [4.69, 9.17) is 5.73 Å². The maximum atomic E-state index is 6.27. The van der Waals surface area contributed by atoms with Crippen LogP contribution in [0.4, 0.5) is 0 Å². The van der Waals surface area contributed by atoms with Crippen LogP contribution in [0.1, 0.15) is 43.5 Å². The van der Waals surface area contributed by atoms with Gasteiger partial charge in [0.2, 0.25) is 0 Å². The first kappa shape index (κ1) is 10.3. The zero-order valence-corrected chi connectivity index (χ0v) is 9.84. The first-order chi connectivity index (χ1) is 7.77. The maximum Gasteiger partial charge on any atom is 0.0951 e. The first-order valence-electron chi connectivity index (χ1n) is 6.25. The van der Waals surface area contributed by atoms with Crippen LogP contribution in [-0.2, 0) is 0 Å². The van der Waals surface area contributed by atoms with Crippen LogP contribution >= 0.6 is 0 Å². The summed E-state index contributed by atoms with van der Waals surface area (Å²) in [7, 11) is 2.17. The van der Waals surface area contributed by atoms with Crippen molar-refractivity contribution in [2.24, 2.45) is 5.73 Å². The van der Waals surface area contributed by atoms with Crippen LogP contribution in [-0.4, -0.2) is 34.1 Å². The molecule has 0 spiro atoms. The van der Waals surface area contributed by atoms with Gasteiger partial charge in [0, 0.05) is 18.3 Å². The van der Waals surface area contributed by atoms with Crippen molar-refractivity contribution < 1.29 is 0 Å². The fraction of sp³-hybridized carbons (Fsp3) is 0.750. The molecule has 2 aliphatic rings. The molecule has 0 amide bonds. The Bertz CT molecular complexity index is 359. The van der Waals surface area contributed by atoms with E-state index in [9.17, 15) is 0 Å². The van der Waals surface area contributed by atoms with Crippen molar-refractivity contribution in [3.8, 4) is 0 Å². The smallest absolute Gasteiger partial charge is 0.0951 e. The van der Waals surface area contributed by atoms with Gasteiger partial charge in [-0.3, -0.25) is 4.90 Å². The van der Waals surface area contributed by atoms with Gasteiger partial charge in [-0.15, -0.1) is 0 Å². The highest BCUT2D eigenvalue weighted by molar-refractivity contribution is 5.12. The second-order valence-electron chi connectivity index (χ2n) is 5.19. The number of likely N-dealkylation sites (N-methyl/N-ethyl adjacent to an activating group) is 1. The molecule has 2 N–H and O–H groups in total. The zero-order chi connectivity index (χ0) is 11.1. The Morgan fingerprint density at radius 1 is 1.38 bits per heavy atom. The Balaban J connectivity index is 1.91. The lowest BCUT2D eigenvalue weighted by atomic mass is 9.95. The number of likely N-dealkylation sites (tertiary alicyclic amines) is 1. The molecule has 2 atom stereocenters. The van der Waals surface area contributed by atoms with Crippen LogP contribution in [0.25, 0.3) is 0 Å². The quantitative estimate of drug-likeness (QED) is 0.817. The zero-order valence-electron chi connectivity index (χ0n) is 9.84. The van der Waals surface area contributed by atoms with Crippen LogP contribution in [0, 0.1) is 0 Å². The van der Waals surface area contributed by atoms with E-state index in [2.05, 4.69) is 21.5 Å². The molecule has 0 radical (unpaired) electrons. The predicted molar refractivity (Wildman–Crippen MR) is 63.1 cm³/mol. The Morgan fingerprint density at radius 3 is 2.88 bits per heavy atom. The lowest BCUT2D eigenvalue weighted by Gasteiger charge is -2.37. The lowest BCUT2D eigenvalue weighted by molar-refractivity contribution is 0.155. The van der Waals surface area contributed by atoms with E-state index >= 15 is 0 Å². The summed E-state index contributed by atoms with van der Waals surface area (Å²) >= 11 is 0. The van der Waals surface area contributed by atoms with E-state index in [1.165, 1.54) is 25.0 Å². The summed E-state index contributed by atoms with van der Waals surface area (Å²) in [5, 5.41) is 0. The average molecular weight is 220 g/mol. The van der Waals surface area contributed by atoms with Gasteiger partial charge < -0.3 is 10.3 Å². The van der Waals surface area contributed by atoms with Crippen molar-refractivity contribution in [3.05, 3.63) is 18.2 Å². The van der Waals surface area contributed by atoms with Gasteiger partial charge in [0.05, 0.1) is 18.1 Å². The molecule has 0 aromatic carbocycles. The largest absolute Gasteiger partial charge is 0.330 e. The number of piperidine rings is 1. The number of hydrogen-bond acceptors (Lipinski definition) is 3. The summed E-state index contributed by atoms with van der Waals surface area (Å²) in [6.45, 7) is 1.15. The molecule has 4 nitrogen and oxygen atoms in total. The summed E-state index contributed by atoms with van der Waals surface area (Å²) in [6.07, 6.45) is 8.92. The highest BCUT2D eigenvalue weighted by Gasteiger charge is 2.33. The lowest BCUT2D eigenvalue weighted by Crippen LogP contribution is -2.44. The second-order valence-corrected chi connectivity index (χ2v) is 5.19. The number of hydrogen-bond donors (Lipinski definition) is 1. The van der Waals surface area contributed by atoms with Crippen LogP contribution in [0.3, 0.4) is 0 Å². The predicted octanol–water partition coefficient (Wildman–Crippen LogP) is 1.31. The molecule has 4 heteroatoms. The molecule has 1 saturated carbocycles. The molecule has 1 aliphatic heterocycles. The van der Waals surface area contributed by atoms with Crippen LogP contribution < -0.4 is 5.73 Å². The highest BCUT2D eigenvalue weighted by Crippen LogP contribution is 2.39. The Labute approximate surface area is 96.4 Å². The van der Waals surface area contributed by atoms with Crippen molar-refractivity contribution >= 4 is 0 Å². The number of imidazole rings is 1. The van der Waals surface area contributed by atoms with Gasteiger partial charge in [0.15, 0.2) is 0 Å². The van der Waals surface area contributed by atoms with Gasteiger partial charge in [0.1, 0.15) is 0 Å². The Hall–Kier alpha value is -0.870. The normalized spacial score (nSPS) is 31.9. The van der Waals surface area contributed by atoms with Gasteiger partial charge in [-0.2, -0.15) is 0 Å². The van der Waals surface area contributed by atoms with Crippen molar-refractivity contribution in [3.63, 3.8) is 0 Å². The summed E-state index contributed by atoms with van der Waals surface area (Å²) in [4.78, 5) is 6.69. The van der Waals surface area contributed by atoms with E-state index < -0.39 is 0 Å². The Kier molecular flexibility index (Phi) is 2.48. The summed E-state index contributed by atoms with van der Waals surface area (Å²) in [6, 6.07) is 1.31. The molecule has 1 aliphatic carbocycles. The fourth-order valence-electron chi connectivity index (χ4n) is 2.85. The number of nitrogens with two attached hydrogens (primary N) is 1. The van der Waals surface area contributed by atoms with E-state index in [0.29, 0.717) is 12.1 Å². The fourth-order valence-corrected chi connectivity index (χ4v) is 2.85. The third kappa shape index (κ3) is 1.66. The average Bonchev–Trinajstić information content (AvgIpc) is 2.99. The standard InChI is InChI=1S/C12H20N4/c1-15-6-2-3-10(13)12(15)11-7-14-8-16(11)9-4-5-9/h7-10,12H,2-6,13H2,1H3. The molecular formula is C12H20N4. The molecular weight excluding hydrogens is 200 g/mol. The SMILES string of the molecule is CN1CCCC(N)C1c1cncn1C1CC1. The number of nitrogens with zero attached hydrogens (tertiary/aromatic N) is 3. The van der Waals surface area contributed by atoms with Crippen molar-refractivity contribution in [1.29, 1.82) is 0 Å².